The molecular formula is C21H25N5OS2. The van der Waals surface area contributed by atoms with E-state index in [1.54, 1.807) is 11.3 Å². The number of amides is 1. The maximum absolute atomic E-state index is 12.8. The molecule has 1 N–H and O–H groups in total. The number of H-pyrrole nitrogens is 1. The summed E-state index contributed by atoms with van der Waals surface area (Å²) in [4.78, 5) is 18.2. The van der Waals surface area contributed by atoms with E-state index in [1.165, 1.54) is 11.1 Å². The molecule has 8 heteroatoms. The fourth-order valence-electron chi connectivity index (χ4n) is 3.67. The predicted octanol–water partition coefficient (Wildman–Crippen LogP) is 3.71. The Kier molecular flexibility index (Phi) is 6.22. The number of carbonyl (C=O) groups excluding carboxylic acids is 1. The van der Waals surface area contributed by atoms with Crippen LogP contribution < -0.4 is 0 Å². The average molecular weight is 428 g/mol. The van der Waals surface area contributed by atoms with Gasteiger partial charge in [-0.3, -0.25) is 19.4 Å². The zero-order valence-corrected chi connectivity index (χ0v) is 18.1. The zero-order chi connectivity index (χ0) is 20.2. The standard InChI is InChI=1S/C21H25N5OS2/c1-16-5-2-3-6-17(16)15-24-10-12-25(13-11-24)19(27)8-9-26-20(22-23-21(26)28)18-7-4-14-29-18/h2-7,14H,8-13,15H2,1H3,(H,23,28). The summed E-state index contributed by atoms with van der Waals surface area (Å²) in [6, 6.07) is 12.5. The van der Waals surface area contributed by atoms with Crippen LogP contribution in [0.5, 0.6) is 0 Å². The fourth-order valence-corrected chi connectivity index (χ4v) is 4.61. The average Bonchev–Trinajstić information content (AvgIpc) is 3.38. The number of thiophene rings is 1. The van der Waals surface area contributed by atoms with E-state index in [9.17, 15) is 4.79 Å². The molecular weight excluding hydrogens is 402 g/mol. The van der Waals surface area contributed by atoms with E-state index in [1.807, 2.05) is 27.0 Å². The highest BCUT2D eigenvalue weighted by Gasteiger charge is 2.22. The second-order valence-electron chi connectivity index (χ2n) is 7.31. The molecule has 29 heavy (non-hydrogen) atoms. The lowest BCUT2D eigenvalue weighted by molar-refractivity contribution is -0.133. The third kappa shape index (κ3) is 4.66. The number of aryl methyl sites for hydroxylation is 1. The van der Waals surface area contributed by atoms with Crippen LogP contribution in [0.1, 0.15) is 17.5 Å². The summed E-state index contributed by atoms with van der Waals surface area (Å²) >= 11 is 6.98. The maximum Gasteiger partial charge on any atom is 0.224 e. The van der Waals surface area contributed by atoms with Gasteiger partial charge in [-0.1, -0.05) is 30.3 Å². The molecule has 3 aromatic rings. The Morgan fingerprint density at radius 1 is 1.17 bits per heavy atom. The van der Waals surface area contributed by atoms with Crippen molar-refractivity contribution in [3.05, 3.63) is 57.7 Å². The van der Waals surface area contributed by atoms with Crippen molar-refractivity contribution in [1.82, 2.24) is 24.6 Å². The molecule has 0 unspecified atom stereocenters. The topological polar surface area (TPSA) is 57.2 Å². The van der Waals surface area contributed by atoms with Gasteiger partial charge < -0.3 is 4.90 Å². The molecule has 2 aromatic heterocycles. The van der Waals surface area contributed by atoms with Gasteiger partial charge in [-0.25, -0.2) is 0 Å². The normalized spacial score (nSPS) is 15.0. The Balaban J connectivity index is 1.30. The lowest BCUT2D eigenvalue weighted by Gasteiger charge is -2.35. The Morgan fingerprint density at radius 2 is 1.97 bits per heavy atom. The highest BCUT2D eigenvalue weighted by atomic mass is 32.1. The summed E-state index contributed by atoms with van der Waals surface area (Å²) in [5.74, 6) is 0.988. The van der Waals surface area contributed by atoms with Gasteiger partial charge in [-0.05, 0) is 41.7 Å². The minimum atomic E-state index is 0.181. The number of piperazine rings is 1. The molecule has 4 rings (SSSR count). The third-order valence-corrected chi connectivity index (χ3v) is 6.61. The minimum absolute atomic E-state index is 0.181. The van der Waals surface area contributed by atoms with Crippen LogP contribution in [0.25, 0.3) is 10.7 Å². The molecule has 0 radical (unpaired) electrons. The first kappa shape index (κ1) is 20.0. The molecule has 6 nitrogen and oxygen atoms in total. The highest BCUT2D eigenvalue weighted by molar-refractivity contribution is 7.71. The number of hydrogen-bond acceptors (Lipinski definition) is 5. The van der Waals surface area contributed by atoms with Crippen molar-refractivity contribution in [3.63, 3.8) is 0 Å². The molecule has 0 aliphatic carbocycles. The van der Waals surface area contributed by atoms with Crippen molar-refractivity contribution < 1.29 is 4.79 Å². The molecule has 1 aliphatic heterocycles. The molecule has 1 aromatic carbocycles. The second kappa shape index (κ2) is 9.02. The Bertz CT molecular complexity index is 1020. The molecule has 1 fully saturated rings. The van der Waals surface area contributed by atoms with Crippen molar-refractivity contribution >= 4 is 29.5 Å². The van der Waals surface area contributed by atoms with Gasteiger partial charge in [0.25, 0.3) is 0 Å². The fraction of sp³-hybridized carbons (Fsp3) is 0.381. The van der Waals surface area contributed by atoms with Crippen molar-refractivity contribution in [3.8, 4) is 10.7 Å². The Hall–Kier alpha value is -2.29. The van der Waals surface area contributed by atoms with Crippen molar-refractivity contribution in [2.75, 3.05) is 26.2 Å². The van der Waals surface area contributed by atoms with Crippen LogP contribution in [-0.2, 0) is 17.9 Å². The van der Waals surface area contributed by atoms with Crippen molar-refractivity contribution in [2.24, 2.45) is 0 Å². The van der Waals surface area contributed by atoms with E-state index in [0.29, 0.717) is 17.7 Å². The molecule has 1 saturated heterocycles. The first-order valence-electron chi connectivity index (χ1n) is 9.85. The molecule has 0 atom stereocenters. The molecule has 1 amide bonds. The molecule has 1 aliphatic rings. The summed E-state index contributed by atoms with van der Waals surface area (Å²) < 4.78 is 2.48. The number of benzene rings is 1. The molecule has 0 spiro atoms. The van der Waals surface area contributed by atoms with Gasteiger partial charge in [0.05, 0.1) is 4.88 Å². The van der Waals surface area contributed by atoms with Crippen LogP contribution in [0, 0.1) is 11.7 Å². The number of carbonyl (C=O) groups is 1. The van der Waals surface area contributed by atoms with Gasteiger partial charge in [0.2, 0.25) is 5.91 Å². The molecule has 0 saturated carbocycles. The van der Waals surface area contributed by atoms with Crippen LogP contribution in [0.4, 0.5) is 0 Å². The second-order valence-corrected chi connectivity index (χ2v) is 8.65. The van der Waals surface area contributed by atoms with E-state index in [-0.39, 0.29) is 5.91 Å². The van der Waals surface area contributed by atoms with E-state index in [4.69, 9.17) is 12.2 Å². The zero-order valence-electron chi connectivity index (χ0n) is 16.5. The Morgan fingerprint density at radius 3 is 2.69 bits per heavy atom. The van der Waals surface area contributed by atoms with Crippen LogP contribution >= 0.6 is 23.6 Å². The third-order valence-electron chi connectivity index (χ3n) is 5.43. The van der Waals surface area contributed by atoms with Crippen LogP contribution in [0.3, 0.4) is 0 Å². The molecule has 3 heterocycles. The SMILES string of the molecule is Cc1ccccc1CN1CCN(C(=O)CCn2c(-c3cccs3)n[nH]c2=S)CC1. The summed E-state index contributed by atoms with van der Waals surface area (Å²) in [5.41, 5.74) is 2.69. The van der Waals surface area contributed by atoms with E-state index in [0.717, 1.165) is 43.4 Å². The van der Waals surface area contributed by atoms with E-state index in [2.05, 4.69) is 46.3 Å². The summed E-state index contributed by atoms with van der Waals surface area (Å²) in [6.07, 6.45) is 0.435. The number of nitrogens with one attached hydrogen (secondary N) is 1. The van der Waals surface area contributed by atoms with Gasteiger partial charge in [0.1, 0.15) is 0 Å². The highest BCUT2D eigenvalue weighted by Crippen LogP contribution is 2.23. The van der Waals surface area contributed by atoms with Gasteiger partial charge in [0, 0.05) is 45.7 Å². The number of nitrogens with zero attached hydrogens (tertiary/aromatic N) is 4. The van der Waals surface area contributed by atoms with Gasteiger partial charge in [-0.15, -0.1) is 11.3 Å². The van der Waals surface area contributed by atoms with Crippen molar-refractivity contribution in [2.45, 2.75) is 26.4 Å². The quantitative estimate of drug-likeness (QED) is 0.610. The maximum atomic E-state index is 12.8. The summed E-state index contributed by atoms with van der Waals surface area (Å²) in [6.45, 7) is 7.02. The van der Waals surface area contributed by atoms with E-state index >= 15 is 0 Å². The number of aromatic amines is 1. The molecule has 0 bridgehead atoms. The number of hydrogen-bond donors (Lipinski definition) is 1. The number of rotatable bonds is 6. The van der Waals surface area contributed by atoms with E-state index < -0.39 is 0 Å². The molecule has 152 valence electrons. The van der Waals surface area contributed by atoms with Gasteiger partial charge in [-0.2, -0.15) is 5.10 Å². The monoisotopic (exact) mass is 427 g/mol. The first-order chi connectivity index (χ1) is 14.1. The summed E-state index contributed by atoms with van der Waals surface area (Å²) in [5, 5.41) is 9.20. The predicted molar refractivity (Wildman–Crippen MR) is 118 cm³/mol. The van der Waals surface area contributed by atoms with Crippen molar-refractivity contribution in [1.29, 1.82) is 0 Å². The Labute approximate surface area is 179 Å². The van der Waals surface area contributed by atoms with Gasteiger partial charge in [0.15, 0.2) is 10.6 Å². The van der Waals surface area contributed by atoms with Crippen LogP contribution in [-0.4, -0.2) is 56.7 Å². The van der Waals surface area contributed by atoms with Crippen LogP contribution in [0.2, 0.25) is 0 Å². The minimum Gasteiger partial charge on any atom is -0.340 e. The lowest BCUT2D eigenvalue weighted by Crippen LogP contribution is -2.48. The lowest BCUT2D eigenvalue weighted by atomic mass is 10.1. The number of aromatic nitrogens is 3. The summed E-state index contributed by atoms with van der Waals surface area (Å²) in [7, 11) is 0. The largest absolute Gasteiger partial charge is 0.340 e. The van der Waals surface area contributed by atoms with Gasteiger partial charge >= 0.3 is 0 Å². The smallest absolute Gasteiger partial charge is 0.224 e. The first-order valence-corrected chi connectivity index (χ1v) is 11.1. The van der Waals surface area contributed by atoms with Crippen LogP contribution in [0.15, 0.2) is 41.8 Å².